The summed E-state index contributed by atoms with van der Waals surface area (Å²) in [6, 6.07) is 17.3. The number of hydrogen-bond donors (Lipinski definition) is 3. The van der Waals surface area contributed by atoms with Crippen LogP contribution >= 0.6 is 42.6 Å². The fourth-order valence-electron chi connectivity index (χ4n) is 3.80. The first kappa shape index (κ1) is 30.9. The van der Waals surface area contributed by atoms with Gasteiger partial charge in [0.1, 0.15) is 16.6 Å². The van der Waals surface area contributed by atoms with Crippen molar-refractivity contribution in [3.63, 3.8) is 0 Å². The topological polar surface area (TPSA) is 126 Å². The van der Waals surface area contributed by atoms with Crippen molar-refractivity contribution in [2.75, 3.05) is 12.7 Å². The number of imidazole rings is 1. The summed E-state index contributed by atoms with van der Waals surface area (Å²) >= 11 is 13.8. The number of hydrogen-bond acceptors (Lipinski definition) is 7. The third kappa shape index (κ3) is 9.51. The van der Waals surface area contributed by atoms with E-state index in [0.29, 0.717) is 22.3 Å². The number of ether oxygens (including phenoxy) is 1. The number of nitrogens with one attached hydrogen (secondary N) is 2. The monoisotopic (exact) mass is 634 g/mol. The minimum atomic E-state index is -3.99. The zero-order chi connectivity index (χ0) is 29.4. The Morgan fingerprint density at radius 2 is 1.78 bits per heavy atom. The van der Waals surface area contributed by atoms with E-state index in [1.54, 1.807) is 48.8 Å². The molecule has 0 aliphatic rings. The zero-order valence-electron chi connectivity index (χ0n) is 22.3. The van der Waals surface area contributed by atoms with Gasteiger partial charge >= 0.3 is 13.7 Å². The highest BCUT2D eigenvalue weighted by Gasteiger charge is 2.26. The molecule has 216 valence electrons. The Balaban J connectivity index is 1.49. The Kier molecular flexibility index (Phi) is 10.8. The molecule has 41 heavy (non-hydrogen) atoms. The fraction of sp³-hybridized carbons (Fsp3) is 0.250. The van der Waals surface area contributed by atoms with Crippen molar-refractivity contribution in [1.29, 1.82) is 0 Å². The second-order valence-corrected chi connectivity index (χ2v) is 13.2. The van der Waals surface area contributed by atoms with Gasteiger partial charge in [-0.3, -0.25) is 4.98 Å². The molecule has 2 aromatic heterocycles. The molecular formula is C28H29Cl2N4O5PS. The summed E-state index contributed by atoms with van der Waals surface area (Å²) in [6.45, 7) is 3.91. The number of para-hydroxylation sites is 1. The Morgan fingerprint density at radius 1 is 1.10 bits per heavy atom. The van der Waals surface area contributed by atoms with Crippen LogP contribution in [0, 0.1) is 0 Å². The Bertz CT molecular complexity index is 1490. The van der Waals surface area contributed by atoms with Crippen LogP contribution < -0.4 is 9.84 Å². The maximum absolute atomic E-state index is 12.8. The lowest BCUT2D eigenvalue weighted by molar-refractivity contribution is 0.0934. The Hall–Kier alpha value is -3.01. The summed E-state index contributed by atoms with van der Waals surface area (Å²) in [5.74, 6) is 0.790. The second-order valence-electron chi connectivity index (χ2n) is 9.34. The number of carbonyl (C=O) groups excluding carboxylic acids is 1. The van der Waals surface area contributed by atoms with Gasteiger partial charge in [-0.2, -0.15) is 0 Å². The van der Waals surface area contributed by atoms with Crippen LogP contribution in [0.1, 0.15) is 43.0 Å². The average Bonchev–Trinajstić information content (AvgIpc) is 3.32. The van der Waals surface area contributed by atoms with E-state index in [2.05, 4.69) is 15.3 Å². The van der Waals surface area contributed by atoms with E-state index >= 15 is 0 Å². The highest BCUT2D eigenvalue weighted by atomic mass is 35.5. The molecule has 0 radical (unpaired) electrons. The van der Waals surface area contributed by atoms with Crippen LogP contribution in [0.5, 0.6) is 5.75 Å². The molecule has 2 aromatic carbocycles. The molecule has 4 rings (SSSR count). The van der Waals surface area contributed by atoms with Gasteiger partial charge < -0.3 is 24.5 Å². The Morgan fingerprint density at radius 3 is 2.44 bits per heavy atom. The molecule has 1 amide bonds. The quantitative estimate of drug-likeness (QED) is 0.136. The van der Waals surface area contributed by atoms with Crippen LogP contribution in [0.15, 0.2) is 83.0 Å². The number of alkyl carbamates (subject to hydrolysis) is 1. The third-order valence-corrected chi connectivity index (χ3v) is 8.41. The van der Waals surface area contributed by atoms with Crippen molar-refractivity contribution in [1.82, 2.24) is 20.3 Å². The minimum Gasteiger partial charge on any atom is -0.438 e. The van der Waals surface area contributed by atoms with E-state index in [1.165, 1.54) is 11.8 Å². The average molecular weight is 636 g/mol. The molecule has 0 aliphatic heterocycles. The predicted molar refractivity (Wildman–Crippen MR) is 160 cm³/mol. The molecule has 2 atom stereocenters. The number of carbonyl (C=O) groups is 1. The van der Waals surface area contributed by atoms with Crippen LogP contribution in [-0.2, 0) is 15.7 Å². The highest BCUT2D eigenvalue weighted by Crippen LogP contribution is 2.42. The van der Waals surface area contributed by atoms with Crippen molar-refractivity contribution in [3.05, 3.63) is 100 Å². The summed E-state index contributed by atoms with van der Waals surface area (Å²) < 4.78 is 23.4. The number of nitrogens with zero attached hydrogens (tertiary/aromatic N) is 2. The first-order chi connectivity index (χ1) is 19.6. The van der Waals surface area contributed by atoms with Gasteiger partial charge in [0.25, 0.3) is 0 Å². The van der Waals surface area contributed by atoms with Gasteiger partial charge in [-0.25, -0.2) is 14.3 Å². The number of benzene rings is 2. The maximum atomic E-state index is 12.8. The van der Waals surface area contributed by atoms with E-state index in [0.717, 1.165) is 21.2 Å². The van der Waals surface area contributed by atoms with E-state index in [9.17, 15) is 14.3 Å². The largest absolute Gasteiger partial charge is 0.438 e. The lowest BCUT2D eigenvalue weighted by Gasteiger charge is -2.17. The number of pyridine rings is 1. The number of aromatic amines is 1. The third-order valence-electron chi connectivity index (χ3n) is 5.70. The molecule has 2 unspecified atom stereocenters. The van der Waals surface area contributed by atoms with E-state index in [1.807, 2.05) is 38.1 Å². The first-order valence-electron chi connectivity index (χ1n) is 12.7. The van der Waals surface area contributed by atoms with Gasteiger partial charge in [-0.15, -0.1) is 0 Å². The Labute approximate surface area is 252 Å². The number of H-pyrrole nitrogens is 1. The smallest absolute Gasteiger partial charge is 0.407 e. The van der Waals surface area contributed by atoms with Crippen molar-refractivity contribution >= 4 is 48.7 Å². The molecule has 0 saturated carbocycles. The van der Waals surface area contributed by atoms with E-state index in [4.69, 9.17) is 37.4 Å². The molecule has 13 heteroatoms. The predicted octanol–water partition coefficient (Wildman–Crippen LogP) is 7.66. The lowest BCUT2D eigenvalue weighted by atomic mass is 10.1. The lowest BCUT2D eigenvalue weighted by Crippen LogP contribution is -2.29. The van der Waals surface area contributed by atoms with Gasteiger partial charge in [0, 0.05) is 40.3 Å². The number of amides is 1. The highest BCUT2D eigenvalue weighted by molar-refractivity contribution is 7.99. The molecule has 0 saturated heterocycles. The van der Waals surface area contributed by atoms with Crippen LogP contribution in [-0.4, -0.2) is 38.6 Å². The van der Waals surface area contributed by atoms with Gasteiger partial charge in [0.2, 0.25) is 0 Å². The molecule has 3 N–H and O–H groups in total. The van der Waals surface area contributed by atoms with Crippen molar-refractivity contribution in [2.45, 2.75) is 42.2 Å². The van der Waals surface area contributed by atoms with Crippen LogP contribution in [0.3, 0.4) is 0 Å². The second kappa shape index (κ2) is 14.2. The van der Waals surface area contributed by atoms with Crippen LogP contribution in [0.4, 0.5) is 4.79 Å². The number of aromatic nitrogens is 3. The molecule has 0 fully saturated rings. The molecule has 2 heterocycles. The zero-order valence-corrected chi connectivity index (χ0v) is 25.5. The van der Waals surface area contributed by atoms with Crippen molar-refractivity contribution < 1.29 is 23.5 Å². The molecule has 0 spiro atoms. The summed E-state index contributed by atoms with van der Waals surface area (Å²) in [5.41, 5.74) is 1.68. The fourth-order valence-corrected chi connectivity index (χ4v) is 6.55. The summed E-state index contributed by atoms with van der Waals surface area (Å²) in [4.78, 5) is 36.0. The summed E-state index contributed by atoms with van der Waals surface area (Å²) in [6.07, 6.45) is 1.79. The maximum Gasteiger partial charge on any atom is 0.407 e. The van der Waals surface area contributed by atoms with E-state index < -0.39 is 19.8 Å². The SMILES string of the molecule is CC(C)c1nc(C(Cc2ccncc2)OC(=O)NCCP(=O)(O)Oc2ccccc2)[nH]c1Sc1cc(Cl)cc(Cl)c1. The van der Waals surface area contributed by atoms with Crippen molar-refractivity contribution in [2.24, 2.45) is 0 Å². The molecule has 0 aliphatic carbocycles. The molecule has 9 nitrogen and oxygen atoms in total. The first-order valence-corrected chi connectivity index (χ1v) is 16.0. The van der Waals surface area contributed by atoms with Gasteiger partial charge in [0.05, 0.1) is 11.9 Å². The van der Waals surface area contributed by atoms with Gasteiger partial charge in [-0.1, -0.05) is 67.0 Å². The van der Waals surface area contributed by atoms with Crippen LogP contribution in [0.2, 0.25) is 10.0 Å². The molecule has 0 bridgehead atoms. The molecular weight excluding hydrogens is 606 g/mol. The standard InChI is InChI=1S/C28H29Cl2N4O5PS/c1-18(2)25-27(41-23-16-20(29)15-21(30)17-23)34-26(33-25)24(14-19-8-10-31-11-9-19)38-28(35)32-12-13-40(36,37)39-22-6-4-3-5-7-22/h3-11,15-18,24H,12-14H2,1-2H3,(H,32,35)(H,33,34)(H,36,37). The van der Waals surface area contributed by atoms with Crippen LogP contribution in [0.25, 0.3) is 0 Å². The summed E-state index contributed by atoms with van der Waals surface area (Å²) in [7, 11) is -3.99. The summed E-state index contributed by atoms with van der Waals surface area (Å²) in [5, 5.41) is 4.35. The molecule has 4 aromatic rings. The van der Waals surface area contributed by atoms with E-state index in [-0.39, 0.29) is 24.4 Å². The number of halogens is 2. The van der Waals surface area contributed by atoms with Crippen molar-refractivity contribution in [3.8, 4) is 5.75 Å². The van der Waals surface area contributed by atoms with Gasteiger partial charge in [0.15, 0.2) is 6.10 Å². The minimum absolute atomic E-state index is 0.0656. The number of rotatable bonds is 12. The van der Waals surface area contributed by atoms with Gasteiger partial charge in [-0.05, 0) is 53.9 Å². The normalized spacial score (nSPS) is 13.4.